The number of piperidine rings is 1. The summed E-state index contributed by atoms with van der Waals surface area (Å²) in [4.78, 5) is 18.3. The van der Waals surface area contributed by atoms with Gasteiger partial charge < -0.3 is 19.6 Å². The van der Waals surface area contributed by atoms with Crippen molar-refractivity contribution in [2.75, 3.05) is 44.7 Å². The van der Waals surface area contributed by atoms with Crippen LogP contribution in [0, 0.1) is 23.7 Å². The van der Waals surface area contributed by atoms with Crippen LogP contribution in [0.2, 0.25) is 5.02 Å². The summed E-state index contributed by atoms with van der Waals surface area (Å²) < 4.78 is 35.9. The zero-order valence-corrected chi connectivity index (χ0v) is 30.0. The van der Waals surface area contributed by atoms with Gasteiger partial charge in [0.15, 0.2) is 0 Å². The van der Waals surface area contributed by atoms with E-state index < -0.39 is 26.8 Å². The molecule has 3 heterocycles. The Labute approximate surface area is 290 Å². The molecule has 1 saturated heterocycles. The van der Waals surface area contributed by atoms with Crippen LogP contribution >= 0.6 is 11.6 Å². The number of hydrogen-bond donors (Lipinski definition) is 2. The third-order valence-electron chi connectivity index (χ3n) is 12.6. The van der Waals surface area contributed by atoms with Crippen LogP contribution in [0.4, 0.5) is 5.69 Å². The number of nitrogens with one attached hydrogen (secondary N) is 1. The Kier molecular flexibility index (Phi) is 9.14. The lowest BCUT2D eigenvalue weighted by atomic mass is 9.59. The van der Waals surface area contributed by atoms with Gasteiger partial charge in [0.25, 0.3) is 5.91 Å². The number of halogens is 1. The molecular formula is C38H50ClN3O5S. The first-order valence-corrected chi connectivity index (χ1v) is 19.8. The average molecular weight is 696 g/mol. The van der Waals surface area contributed by atoms with Crippen molar-refractivity contribution >= 4 is 33.2 Å². The fourth-order valence-electron chi connectivity index (χ4n) is 9.22. The summed E-state index contributed by atoms with van der Waals surface area (Å²) in [6.07, 6.45) is 11.3. The summed E-state index contributed by atoms with van der Waals surface area (Å²) in [5.41, 5.74) is 2.36. The van der Waals surface area contributed by atoms with Crippen LogP contribution in [0.3, 0.4) is 0 Å². The van der Waals surface area contributed by atoms with Crippen molar-refractivity contribution in [2.45, 2.75) is 81.5 Å². The van der Waals surface area contributed by atoms with Crippen LogP contribution in [0.25, 0.3) is 0 Å². The highest BCUT2D eigenvalue weighted by Gasteiger charge is 2.51. The molecule has 1 amide bonds. The van der Waals surface area contributed by atoms with E-state index >= 15 is 0 Å². The SMILES string of the molecule is C[C@@H]1[C@@H](C)C/C=C/[C@@](O)(C2CCN(C)CC2)[C@@H]2CC[C@H]2CN2C[C@@]3(CCCc4cc(Cl)ccc43)COc3ccc(cc32)C(=O)NS1(=O)=O. The number of hydrogen-bond acceptors (Lipinski definition) is 7. The smallest absolute Gasteiger partial charge is 0.264 e. The van der Waals surface area contributed by atoms with Crippen molar-refractivity contribution in [2.24, 2.45) is 23.7 Å². The summed E-state index contributed by atoms with van der Waals surface area (Å²) in [7, 11) is -1.81. The molecule has 6 atom stereocenters. The van der Waals surface area contributed by atoms with Crippen molar-refractivity contribution in [1.82, 2.24) is 9.62 Å². The Balaban J connectivity index is 1.32. The number of amides is 1. The minimum atomic E-state index is -3.96. The molecule has 2 fully saturated rings. The van der Waals surface area contributed by atoms with Gasteiger partial charge in [-0.1, -0.05) is 36.7 Å². The Hall–Kier alpha value is -2.59. The summed E-state index contributed by atoms with van der Waals surface area (Å²) >= 11 is 6.46. The number of carbonyl (C=O) groups excluding carboxylic acids is 1. The van der Waals surface area contributed by atoms with Crippen molar-refractivity contribution < 1.29 is 23.1 Å². The molecule has 48 heavy (non-hydrogen) atoms. The second-order valence-electron chi connectivity index (χ2n) is 15.5. The molecule has 2 aromatic rings. The maximum atomic E-state index is 13.5. The van der Waals surface area contributed by atoms with Crippen molar-refractivity contribution in [3.8, 4) is 5.75 Å². The number of allylic oxidation sites excluding steroid dienone is 1. The highest BCUT2D eigenvalue weighted by atomic mass is 35.5. The minimum Gasteiger partial charge on any atom is -0.490 e. The van der Waals surface area contributed by atoms with E-state index in [0.717, 1.165) is 68.7 Å². The first-order chi connectivity index (χ1) is 22.9. The van der Waals surface area contributed by atoms with Gasteiger partial charge in [-0.05, 0) is 144 Å². The van der Waals surface area contributed by atoms with Gasteiger partial charge in [0, 0.05) is 29.1 Å². The van der Waals surface area contributed by atoms with E-state index in [1.807, 2.05) is 37.3 Å². The second kappa shape index (κ2) is 12.9. The predicted octanol–water partition coefficient (Wildman–Crippen LogP) is 5.96. The van der Waals surface area contributed by atoms with Gasteiger partial charge in [-0.25, -0.2) is 13.1 Å². The number of fused-ring (bicyclic) bond motifs is 4. The molecule has 260 valence electrons. The number of nitrogens with zero attached hydrogens (tertiary/aromatic N) is 2. The minimum absolute atomic E-state index is 0.0824. The summed E-state index contributed by atoms with van der Waals surface area (Å²) in [6, 6.07) is 11.5. The molecule has 0 unspecified atom stereocenters. The standard InChI is InChI=1S/C38H50ClN3O5S/c1-25-6-4-17-38(44,30-14-18-41(3)19-15-30)33-11-8-29(33)22-42-23-37(16-5-7-27-20-31(39)10-12-32(27)37)24-47-35-13-9-28(21-34(35)42)36(43)40-48(45,46)26(25)2/h4,9-10,12-13,17,20-21,25-26,29-30,33,44H,5-8,11,14-16,18-19,22-24H2,1-3H3,(H,40,43)/b17-4+/t25-,26+,29-,33+,37-,38+/m0/s1. The van der Waals surface area contributed by atoms with Crippen LogP contribution in [0.5, 0.6) is 5.75 Å². The molecule has 1 spiro atoms. The fourth-order valence-corrected chi connectivity index (χ4v) is 10.7. The van der Waals surface area contributed by atoms with Gasteiger partial charge >= 0.3 is 0 Å². The van der Waals surface area contributed by atoms with Crippen molar-refractivity contribution in [1.29, 1.82) is 0 Å². The van der Waals surface area contributed by atoms with Gasteiger partial charge in [-0.15, -0.1) is 0 Å². The average Bonchev–Trinajstić information content (AvgIpc) is 3.19. The highest BCUT2D eigenvalue weighted by Crippen LogP contribution is 2.51. The molecule has 2 aromatic carbocycles. The normalized spacial score (nSPS) is 34.9. The molecular weight excluding hydrogens is 646 g/mol. The lowest BCUT2D eigenvalue weighted by molar-refractivity contribution is -0.0975. The van der Waals surface area contributed by atoms with Gasteiger partial charge in [0.2, 0.25) is 10.0 Å². The Morgan fingerprint density at radius 1 is 1.06 bits per heavy atom. The van der Waals surface area contributed by atoms with E-state index in [1.165, 1.54) is 11.1 Å². The van der Waals surface area contributed by atoms with Crippen LogP contribution in [-0.2, 0) is 21.9 Å². The number of aliphatic hydroxyl groups is 1. The number of ether oxygens (including phenoxy) is 1. The number of anilines is 1. The quantitative estimate of drug-likeness (QED) is 0.356. The molecule has 3 aliphatic heterocycles. The Bertz CT molecular complexity index is 1690. The largest absolute Gasteiger partial charge is 0.490 e. The van der Waals surface area contributed by atoms with Crippen molar-refractivity contribution in [3.63, 3.8) is 0 Å². The third-order valence-corrected chi connectivity index (χ3v) is 14.7. The number of carbonyl (C=O) groups is 1. The third kappa shape index (κ3) is 6.18. The van der Waals surface area contributed by atoms with E-state index in [4.69, 9.17) is 16.3 Å². The number of benzene rings is 2. The van der Waals surface area contributed by atoms with E-state index in [-0.39, 0.29) is 34.7 Å². The molecule has 7 rings (SSSR count). The van der Waals surface area contributed by atoms with Crippen LogP contribution < -0.4 is 14.4 Å². The van der Waals surface area contributed by atoms with E-state index in [1.54, 1.807) is 13.0 Å². The number of likely N-dealkylation sites (tertiary alicyclic amines) is 1. The van der Waals surface area contributed by atoms with E-state index in [0.29, 0.717) is 31.9 Å². The van der Waals surface area contributed by atoms with Crippen molar-refractivity contribution in [3.05, 3.63) is 70.3 Å². The summed E-state index contributed by atoms with van der Waals surface area (Å²) in [5, 5.41) is 12.7. The Morgan fingerprint density at radius 3 is 2.60 bits per heavy atom. The van der Waals surface area contributed by atoms with Gasteiger partial charge in [-0.3, -0.25) is 4.79 Å². The lowest BCUT2D eigenvalue weighted by Gasteiger charge is -2.52. The topological polar surface area (TPSA) is 99.2 Å². The maximum absolute atomic E-state index is 13.5. The molecule has 0 radical (unpaired) electrons. The highest BCUT2D eigenvalue weighted by molar-refractivity contribution is 7.90. The van der Waals surface area contributed by atoms with Gasteiger partial charge in [0.05, 0.1) is 23.1 Å². The number of rotatable bonds is 1. The molecule has 5 aliphatic rings. The first-order valence-electron chi connectivity index (χ1n) is 17.8. The van der Waals surface area contributed by atoms with Gasteiger partial charge in [0.1, 0.15) is 5.75 Å². The maximum Gasteiger partial charge on any atom is 0.264 e. The summed E-state index contributed by atoms with van der Waals surface area (Å²) in [6.45, 7) is 7.36. The molecule has 10 heteroatoms. The lowest BCUT2D eigenvalue weighted by Crippen LogP contribution is -2.56. The molecule has 2 N–H and O–H groups in total. The predicted molar refractivity (Wildman–Crippen MR) is 190 cm³/mol. The molecule has 1 saturated carbocycles. The molecule has 2 aliphatic carbocycles. The molecule has 8 nitrogen and oxygen atoms in total. The fraction of sp³-hybridized carbons (Fsp3) is 0.605. The van der Waals surface area contributed by atoms with E-state index in [9.17, 15) is 18.3 Å². The molecule has 2 bridgehead atoms. The van der Waals surface area contributed by atoms with Crippen LogP contribution in [0.15, 0.2) is 48.6 Å². The van der Waals surface area contributed by atoms with Gasteiger partial charge in [-0.2, -0.15) is 0 Å². The van der Waals surface area contributed by atoms with Crippen LogP contribution in [-0.4, -0.2) is 75.0 Å². The second-order valence-corrected chi connectivity index (χ2v) is 18.0. The summed E-state index contributed by atoms with van der Waals surface area (Å²) in [5.74, 6) is 0.279. The first kappa shape index (κ1) is 33.9. The van der Waals surface area contributed by atoms with Crippen LogP contribution in [0.1, 0.15) is 80.3 Å². The van der Waals surface area contributed by atoms with E-state index in [2.05, 4.69) is 33.7 Å². The Morgan fingerprint density at radius 2 is 1.85 bits per heavy atom. The molecule has 0 aromatic heterocycles. The zero-order valence-electron chi connectivity index (χ0n) is 28.5. The zero-order chi connectivity index (χ0) is 33.8. The number of aryl methyl sites for hydroxylation is 1. The number of sulfonamides is 1. The monoisotopic (exact) mass is 695 g/mol.